The second kappa shape index (κ2) is 7.71. The number of sulfonamides is 1. The minimum absolute atomic E-state index is 0.204. The van der Waals surface area contributed by atoms with Crippen molar-refractivity contribution in [3.63, 3.8) is 0 Å². The number of furan rings is 1. The van der Waals surface area contributed by atoms with E-state index in [0.717, 1.165) is 21.0 Å². The van der Waals surface area contributed by atoms with Crippen LogP contribution in [0.25, 0.3) is 11.0 Å². The summed E-state index contributed by atoms with van der Waals surface area (Å²) in [5, 5.41) is 5.31. The van der Waals surface area contributed by atoms with E-state index in [1.165, 1.54) is 13.1 Å². The van der Waals surface area contributed by atoms with Gasteiger partial charge in [-0.3, -0.25) is 4.79 Å². The fourth-order valence-electron chi connectivity index (χ4n) is 2.64. The second-order valence-electron chi connectivity index (χ2n) is 6.01. The number of hydrogen-bond donors (Lipinski definition) is 1. The molecule has 3 rings (SSSR count). The van der Waals surface area contributed by atoms with Crippen LogP contribution in [0.2, 0.25) is 0 Å². The molecule has 144 valence electrons. The first-order chi connectivity index (χ1) is 12.8. The average molecular weight is 409 g/mol. The Morgan fingerprint density at radius 3 is 2.78 bits per heavy atom. The Labute approximate surface area is 161 Å². The average Bonchev–Trinajstić information content (AvgIpc) is 3.30. The zero-order valence-corrected chi connectivity index (χ0v) is 16.8. The molecule has 0 fully saturated rings. The fraction of sp³-hybridized carbons (Fsp3) is 0.278. The standard InChI is InChI=1S/C18H20N2O5S2/c1-12(15-10-13-6-4-7-14(24-3)18(13)25-15)19-16(21)11-20(2)27(22,23)17-8-5-9-26-17/h4-10,12H,11H2,1-3H3,(H,19,21). The number of rotatable bonds is 7. The van der Waals surface area contributed by atoms with E-state index in [1.807, 2.05) is 18.2 Å². The monoisotopic (exact) mass is 408 g/mol. The van der Waals surface area contributed by atoms with Gasteiger partial charge in [0.15, 0.2) is 11.3 Å². The lowest BCUT2D eigenvalue weighted by molar-refractivity contribution is -0.121. The van der Waals surface area contributed by atoms with Crippen LogP contribution in [0.4, 0.5) is 0 Å². The number of amides is 1. The van der Waals surface area contributed by atoms with E-state index >= 15 is 0 Å². The molecule has 1 N–H and O–H groups in total. The van der Waals surface area contributed by atoms with Crippen LogP contribution in [-0.4, -0.2) is 39.3 Å². The molecule has 2 aromatic heterocycles. The van der Waals surface area contributed by atoms with Crippen molar-refractivity contribution in [1.29, 1.82) is 0 Å². The molecule has 0 radical (unpaired) electrons. The molecule has 0 aliphatic carbocycles. The quantitative estimate of drug-likeness (QED) is 0.649. The van der Waals surface area contributed by atoms with Gasteiger partial charge in [-0.15, -0.1) is 11.3 Å². The van der Waals surface area contributed by atoms with Gasteiger partial charge < -0.3 is 14.5 Å². The number of carbonyl (C=O) groups is 1. The van der Waals surface area contributed by atoms with Crippen LogP contribution in [0, 0.1) is 0 Å². The first kappa shape index (κ1) is 19.4. The molecule has 1 atom stereocenters. The van der Waals surface area contributed by atoms with Crippen LogP contribution < -0.4 is 10.1 Å². The smallest absolute Gasteiger partial charge is 0.252 e. The van der Waals surface area contributed by atoms with E-state index in [4.69, 9.17) is 9.15 Å². The second-order valence-corrected chi connectivity index (χ2v) is 9.23. The van der Waals surface area contributed by atoms with Crippen LogP contribution >= 0.6 is 11.3 Å². The van der Waals surface area contributed by atoms with Crippen molar-refractivity contribution in [2.45, 2.75) is 17.2 Å². The van der Waals surface area contributed by atoms with Crippen molar-refractivity contribution in [3.8, 4) is 5.75 Å². The fourth-order valence-corrected chi connectivity index (χ4v) is 4.97. The Morgan fingerprint density at radius 1 is 1.33 bits per heavy atom. The maximum absolute atomic E-state index is 12.4. The minimum Gasteiger partial charge on any atom is -0.493 e. The Kier molecular flexibility index (Phi) is 5.54. The molecule has 7 nitrogen and oxygen atoms in total. The van der Waals surface area contributed by atoms with E-state index in [2.05, 4.69) is 5.32 Å². The summed E-state index contributed by atoms with van der Waals surface area (Å²) < 4.78 is 37.1. The van der Waals surface area contributed by atoms with Crippen LogP contribution in [0.15, 0.2) is 50.4 Å². The Morgan fingerprint density at radius 2 is 2.11 bits per heavy atom. The summed E-state index contributed by atoms with van der Waals surface area (Å²) in [4.78, 5) is 12.3. The Bertz CT molecular complexity index is 1040. The number of ether oxygens (including phenoxy) is 1. The van der Waals surface area contributed by atoms with Crippen molar-refractivity contribution in [2.24, 2.45) is 0 Å². The zero-order chi connectivity index (χ0) is 19.6. The van der Waals surface area contributed by atoms with Crippen molar-refractivity contribution < 1.29 is 22.4 Å². The molecule has 0 bridgehead atoms. The number of methoxy groups -OCH3 is 1. The molecule has 3 aromatic rings. The van der Waals surface area contributed by atoms with Crippen molar-refractivity contribution in [2.75, 3.05) is 20.7 Å². The number of para-hydroxylation sites is 1. The van der Waals surface area contributed by atoms with Crippen molar-refractivity contribution >= 4 is 38.2 Å². The summed E-state index contributed by atoms with van der Waals surface area (Å²) in [5.41, 5.74) is 0.605. The van der Waals surface area contributed by atoms with E-state index in [1.54, 1.807) is 31.5 Å². The van der Waals surface area contributed by atoms with Gasteiger partial charge in [0.05, 0.1) is 19.7 Å². The first-order valence-electron chi connectivity index (χ1n) is 8.18. The Hall–Kier alpha value is -2.36. The van der Waals surface area contributed by atoms with Crippen LogP contribution in [0.1, 0.15) is 18.7 Å². The van der Waals surface area contributed by atoms with Crippen molar-refractivity contribution in [1.82, 2.24) is 9.62 Å². The molecular formula is C18H20N2O5S2. The predicted molar refractivity (Wildman–Crippen MR) is 103 cm³/mol. The normalized spacial score (nSPS) is 13.0. The SMILES string of the molecule is COc1cccc2cc(C(C)NC(=O)CN(C)S(=O)(=O)c3cccs3)oc12. The highest BCUT2D eigenvalue weighted by molar-refractivity contribution is 7.91. The lowest BCUT2D eigenvalue weighted by atomic mass is 10.2. The molecule has 0 aliphatic heterocycles. The number of nitrogens with one attached hydrogen (secondary N) is 1. The number of nitrogens with zero attached hydrogens (tertiary/aromatic N) is 1. The topological polar surface area (TPSA) is 88.9 Å². The van der Waals surface area contributed by atoms with Gasteiger partial charge in [0, 0.05) is 12.4 Å². The summed E-state index contributed by atoms with van der Waals surface area (Å²) in [6.07, 6.45) is 0. The Balaban J connectivity index is 1.69. The number of likely N-dealkylation sites (N-methyl/N-ethyl adjacent to an activating group) is 1. The third kappa shape index (κ3) is 4.00. The van der Waals surface area contributed by atoms with Gasteiger partial charge in [-0.1, -0.05) is 18.2 Å². The van der Waals surface area contributed by atoms with Gasteiger partial charge in [0.2, 0.25) is 5.91 Å². The highest BCUT2D eigenvalue weighted by Gasteiger charge is 2.25. The predicted octanol–water partition coefficient (Wildman–Crippen LogP) is 3.00. The van der Waals surface area contributed by atoms with Gasteiger partial charge in [0.1, 0.15) is 9.97 Å². The molecule has 2 heterocycles. The molecule has 0 aliphatic rings. The van der Waals surface area contributed by atoms with Crippen molar-refractivity contribution in [3.05, 3.63) is 47.5 Å². The summed E-state index contributed by atoms with van der Waals surface area (Å²) in [6.45, 7) is 1.49. The molecule has 1 unspecified atom stereocenters. The van der Waals surface area contributed by atoms with Gasteiger partial charge in [-0.2, -0.15) is 4.31 Å². The van der Waals surface area contributed by atoms with Gasteiger partial charge in [0.25, 0.3) is 10.0 Å². The largest absolute Gasteiger partial charge is 0.493 e. The van der Waals surface area contributed by atoms with E-state index < -0.39 is 22.0 Å². The first-order valence-corrected chi connectivity index (χ1v) is 10.5. The number of carbonyl (C=O) groups excluding carboxylic acids is 1. The number of hydrogen-bond acceptors (Lipinski definition) is 6. The van der Waals surface area contributed by atoms with E-state index in [-0.39, 0.29) is 10.8 Å². The molecule has 0 spiro atoms. The van der Waals surface area contributed by atoms with Gasteiger partial charge >= 0.3 is 0 Å². The molecule has 27 heavy (non-hydrogen) atoms. The van der Waals surface area contributed by atoms with Gasteiger partial charge in [-0.25, -0.2) is 8.42 Å². The summed E-state index contributed by atoms with van der Waals surface area (Å²) in [6, 6.07) is 10.1. The molecule has 1 amide bonds. The maximum atomic E-state index is 12.4. The summed E-state index contributed by atoms with van der Waals surface area (Å²) in [7, 11) is -0.728. The van der Waals surface area contributed by atoms with Crippen LogP contribution in [0.3, 0.4) is 0 Å². The van der Waals surface area contributed by atoms with Crippen LogP contribution in [-0.2, 0) is 14.8 Å². The van der Waals surface area contributed by atoms with Crippen LogP contribution in [0.5, 0.6) is 5.75 Å². The molecule has 0 saturated heterocycles. The molecular weight excluding hydrogens is 388 g/mol. The highest BCUT2D eigenvalue weighted by Crippen LogP contribution is 2.30. The lowest BCUT2D eigenvalue weighted by Gasteiger charge is -2.17. The highest BCUT2D eigenvalue weighted by atomic mass is 32.2. The lowest BCUT2D eigenvalue weighted by Crippen LogP contribution is -2.39. The van der Waals surface area contributed by atoms with Gasteiger partial charge in [-0.05, 0) is 30.5 Å². The number of benzene rings is 1. The molecule has 0 saturated carbocycles. The summed E-state index contributed by atoms with van der Waals surface area (Å²) >= 11 is 1.11. The van der Waals surface area contributed by atoms with E-state index in [0.29, 0.717) is 17.1 Å². The third-order valence-electron chi connectivity index (χ3n) is 4.08. The summed E-state index contributed by atoms with van der Waals surface area (Å²) in [5.74, 6) is 0.753. The number of fused-ring (bicyclic) bond motifs is 1. The minimum atomic E-state index is -3.67. The maximum Gasteiger partial charge on any atom is 0.252 e. The molecule has 9 heteroatoms. The van der Waals surface area contributed by atoms with E-state index in [9.17, 15) is 13.2 Å². The molecule has 1 aromatic carbocycles. The zero-order valence-electron chi connectivity index (χ0n) is 15.1. The third-order valence-corrected chi connectivity index (χ3v) is 7.25. The number of thiophene rings is 1.